The molecular weight excluding hydrogens is 516 g/mol. The summed E-state index contributed by atoms with van der Waals surface area (Å²) in [7, 11) is 0. The third-order valence-electron chi connectivity index (χ3n) is 5.96. The number of fused-ring (bicyclic) bond motifs is 1. The molecule has 0 spiro atoms. The van der Waals surface area contributed by atoms with Crippen LogP contribution in [0.1, 0.15) is 71.6 Å². The molecule has 3 heterocycles. The summed E-state index contributed by atoms with van der Waals surface area (Å²) in [5.41, 5.74) is 3.55. The van der Waals surface area contributed by atoms with E-state index >= 15 is 0 Å². The van der Waals surface area contributed by atoms with Crippen LogP contribution in [0.25, 0.3) is 0 Å². The van der Waals surface area contributed by atoms with Gasteiger partial charge in [0.25, 0.3) is 0 Å². The number of carbonyl (C=O) groups is 1. The van der Waals surface area contributed by atoms with Gasteiger partial charge in [-0.1, -0.05) is 50.9 Å². The van der Waals surface area contributed by atoms with E-state index in [1.165, 1.54) is 23.2 Å². The van der Waals surface area contributed by atoms with Crippen LogP contribution < -0.4 is 10.5 Å². The molecule has 3 aromatic rings. The van der Waals surface area contributed by atoms with Crippen LogP contribution in [-0.4, -0.2) is 35.5 Å². The lowest BCUT2D eigenvalue weighted by Gasteiger charge is -2.26. The maximum atomic E-state index is 13.4. The fraction of sp³-hybridized carbons (Fsp3) is 0.423. The molecule has 0 amide bonds. The van der Waals surface area contributed by atoms with E-state index in [-0.39, 0.29) is 11.9 Å². The summed E-state index contributed by atoms with van der Waals surface area (Å²) >= 11 is 8.78. The fourth-order valence-electron chi connectivity index (χ4n) is 4.04. The number of nitrogens with one attached hydrogen (secondary N) is 1. The highest BCUT2D eigenvalue weighted by Crippen LogP contribution is 2.39. The second-order valence-corrected chi connectivity index (χ2v) is 9.79. The normalized spacial score (nSPS) is 15.4. The maximum Gasteiger partial charge on any atom is 0.208 e. The Morgan fingerprint density at radius 1 is 1.42 bits per heavy atom. The smallest absolute Gasteiger partial charge is 0.208 e. The van der Waals surface area contributed by atoms with E-state index in [4.69, 9.17) is 25.7 Å². The summed E-state index contributed by atoms with van der Waals surface area (Å²) in [5, 5.41) is 11.3. The predicted molar refractivity (Wildman–Crippen MR) is 149 cm³/mol. The van der Waals surface area contributed by atoms with Gasteiger partial charge in [0.2, 0.25) is 5.78 Å². The molecule has 0 fully saturated rings. The lowest BCUT2D eigenvalue weighted by atomic mass is 9.94. The number of anilines is 1. The third kappa shape index (κ3) is 7.06. The molecule has 1 aliphatic rings. The van der Waals surface area contributed by atoms with Gasteiger partial charge in [-0.25, -0.2) is 9.97 Å². The number of nitrogens with zero attached hydrogens (tertiary/aromatic N) is 2. The summed E-state index contributed by atoms with van der Waals surface area (Å²) in [6.07, 6.45) is 5.41. The number of hydrogen-bond acceptors (Lipinski definition) is 9. The number of hydrogen-bond donors (Lipinski definition) is 2. The first kappa shape index (κ1) is 28.6. The van der Waals surface area contributed by atoms with Crippen LogP contribution in [0.3, 0.4) is 0 Å². The third-order valence-corrected chi connectivity index (χ3v) is 7.51. The van der Waals surface area contributed by atoms with Gasteiger partial charge in [0.15, 0.2) is 0 Å². The molecule has 7 nitrogen and oxygen atoms in total. The number of aromatic nitrogens is 2. The Balaban J connectivity index is 0.00000176. The Bertz CT molecular complexity index is 1130. The summed E-state index contributed by atoms with van der Waals surface area (Å²) < 4.78 is 11.3. The van der Waals surface area contributed by atoms with E-state index in [9.17, 15) is 4.79 Å². The molecule has 1 aromatic carbocycles. The molecule has 194 valence electrons. The lowest BCUT2D eigenvalue weighted by molar-refractivity contribution is 0.0702. The molecular formula is C26H33ClN4O3S2. The predicted octanol–water partition coefficient (Wildman–Crippen LogP) is 6.48. The monoisotopic (exact) mass is 548 g/mol. The van der Waals surface area contributed by atoms with E-state index in [2.05, 4.69) is 28.3 Å². The van der Waals surface area contributed by atoms with E-state index < -0.39 is 0 Å². The minimum atomic E-state index is -0.278. The van der Waals surface area contributed by atoms with Gasteiger partial charge in [0, 0.05) is 23.3 Å². The number of ketones is 1. The summed E-state index contributed by atoms with van der Waals surface area (Å²) in [5.74, 6) is 0.778. The number of ether oxygens (including phenoxy) is 1. The number of halogens is 1. The van der Waals surface area contributed by atoms with Crippen LogP contribution in [0.2, 0.25) is 5.02 Å². The number of nitrogens with two attached hydrogens (primary N) is 1. The van der Waals surface area contributed by atoms with Crippen LogP contribution in [0.5, 0.6) is 0 Å². The molecule has 0 saturated carbocycles. The van der Waals surface area contributed by atoms with Crippen molar-refractivity contribution in [2.75, 3.05) is 25.1 Å². The molecule has 2 aromatic heterocycles. The fourth-order valence-corrected chi connectivity index (χ4v) is 5.48. The van der Waals surface area contributed by atoms with Crippen molar-refractivity contribution in [3.05, 3.63) is 74.3 Å². The lowest BCUT2D eigenvalue weighted by Crippen LogP contribution is -2.17. The van der Waals surface area contributed by atoms with E-state index in [1.807, 2.05) is 37.4 Å². The molecule has 1 aliphatic heterocycles. The SMILES string of the molecule is CC.CCC(CCNc1ncncc1C(=O)c1cc(C2OCCc3cccc(Cl)c32)cs1)COSN. The van der Waals surface area contributed by atoms with Crippen LogP contribution in [-0.2, 0) is 15.3 Å². The van der Waals surface area contributed by atoms with Gasteiger partial charge in [-0.2, -0.15) is 0 Å². The minimum absolute atomic E-state index is 0.121. The number of carbonyl (C=O) groups excluding carboxylic acids is 1. The average molecular weight is 549 g/mol. The molecule has 36 heavy (non-hydrogen) atoms. The van der Waals surface area contributed by atoms with Crippen molar-refractivity contribution in [2.45, 2.75) is 46.1 Å². The number of benzene rings is 1. The van der Waals surface area contributed by atoms with Crippen LogP contribution in [0.4, 0.5) is 5.82 Å². The first-order valence-electron chi connectivity index (χ1n) is 12.2. The van der Waals surface area contributed by atoms with Gasteiger partial charge < -0.3 is 14.2 Å². The zero-order valence-corrected chi connectivity index (χ0v) is 23.2. The standard InChI is InChI=1S/C24H27ClN4O3S2.C2H6/c1-2-15(12-32-34-26)6-8-28-24-18(11-27-14-29-24)22(30)20-10-17(13-33-20)23-21-16(7-9-31-23)4-3-5-19(21)25;1-2/h3-5,10-11,13-15,23H,2,6-9,12,26H2,1H3,(H,27,28,29);1-2H3. The molecule has 0 radical (unpaired) electrons. The highest BCUT2D eigenvalue weighted by atomic mass is 35.5. The van der Waals surface area contributed by atoms with Crippen molar-refractivity contribution in [1.82, 2.24) is 9.97 Å². The first-order valence-corrected chi connectivity index (χ1v) is 14.2. The quantitative estimate of drug-likeness (QED) is 0.159. The Hall–Kier alpha value is -2.01. The number of rotatable bonds is 11. The Labute approximate surface area is 226 Å². The highest BCUT2D eigenvalue weighted by Gasteiger charge is 2.27. The van der Waals surface area contributed by atoms with E-state index in [1.54, 1.807) is 6.20 Å². The Morgan fingerprint density at radius 3 is 3.03 bits per heavy atom. The van der Waals surface area contributed by atoms with Gasteiger partial charge in [-0.15, -0.1) is 11.3 Å². The number of thiophene rings is 1. The van der Waals surface area contributed by atoms with Crippen molar-refractivity contribution in [3.63, 3.8) is 0 Å². The topological polar surface area (TPSA) is 99.4 Å². The van der Waals surface area contributed by atoms with Gasteiger partial charge >= 0.3 is 0 Å². The molecule has 3 N–H and O–H groups in total. The molecule has 2 atom stereocenters. The average Bonchev–Trinajstić information content (AvgIpc) is 3.42. The van der Waals surface area contributed by atoms with Crippen LogP contribution in [0.15, 0.2) is 42.2 Å². The second kappa shape index (κ2) is 14.7. The van der Waals surface area contributed by atoms with Crippen molar-refractivity contribution < 1.29 is 13.7 Å². The molecule has 4 rings (SSSR count). The van der Waals surface area contributed by atoms with Gasteiger partial charge in [-0.05, 0) is 47.4 Å². The largest absolute Gasteiger partial charge is 0.369 e. The molecule has 10 heteroatoms. The molecule has 0 aliphatic carbocycles. The summed E-state index contributed by atoms with van der Waals surface area (Å²) in [6.45, 7) is 7.98. The summed E-state index contributed by atoms with van der Waals surface area (Å²) in [6, 6.07) is 7.81. The second-order valence-electron chi connectivity index (χ2n) is 8.04. The highest BCUT2D eigenvalue weighted by molar-refractivity contribution is 7.92. The van der Waals surface area contributed by atoms with Gasteiger partial charge in [0.1, 0.15) is 18.2 Å². The van der Waals surface area contributed by atoms with Crippen LogP contribution >= 0.6 is 35.2 Å². The Kier molecular flexibility index (Phi) is 11.6. The molecule has 0 saturated heterocycles. The molecule has 2 unspecified atom stereocenters. The van der Waals surface area contributed by atoms with E-state index in [0.29, 0.717) is 47.0 Å². The van der Waals surface area contributed by atoms with Crippen molar-refractivity contribution in [2.24, 2.45) is 11.1 Å². The minimum Gasteiger partial charge on any atom is -0.369 e. The van der Waals surface area contributed by atoms with Crippen molar-refractivity contribution in [3.8, 4) is 0 Å². The van der Waals surface area contributed by atoms with E-state index in [0.717, 1.165) is 42.6 Å². The Morgan fingerprint density at radius 2 is 2.25 bits per heavy atom. The zero-order chi connectivity index (χ0) is 25.9. The van der Waals surface area contributed by atoms with Gasteiger partial charge in [0.05, 0.1) is 35.9 Å². The maximum absolute atomic E-state index is 13.4. The van der Waals surface area contributed by atoms with Crippen LogP contribution in [0, 0.1) is 5.92 Å². The van der Waals surface area contributed by atoms with Crippen molar-refractivity contribution >= 4 is 46.8 Å². The van der Waals surface area contributed by atoms with Crippen molar-refractivity contribution in [1.29, 1.82) is 0 Å². The summed E-state index contributed by atoms with van der Waals surface area (Å²) in [4.78, 5) is 22.4. The first-order chi connectivity index (χ1) is 17.6. The molecule has 0 bridgehead atoms. The van der Waals surface area contributed by atoms with Gasteiger partial charge in [-0.3, -0.25) is 9.93 Å². The zero-order valence-electron chi connectivity index (χ0n) is 20.8.